The lowest BCUT2D eigenvalue weighted by atomic mass is 9.96. The van der Waals surface area contributed by atoms with Crippen molar-refractivity contribution in [1.82, 2.24) is 10.6 Å². The fourth-order valence-corrected chi connectivity index (χ4v) is 2.02. The van der Waals surface area contributed by atoms with Crippen LogP contribution in [0.25, 0.3) is 0 Å². The highest BCUT2D eigenvalue weighted by Gasteiger charge is 2.12. The summed E-state index contributed by atoms with van der Waals surface area (Å²) in [5.74, 6) is 0.735. The van der Waals surface area contributed by atoms with Crippen molar-refractivity contribution >= 4 is 6.03 Å². The molecule has 4 heteroatoms. The first-order chi connectivity index (χ1) is 9.63. The molecule has 0 spiro atoms. The SMILES string of the molecule is CC(C)CCNC(=O)NCC(CCO)c1ccccc1. The minimum absolute atomic E-state index is 0.121. The first kappa shape index (κ1) is 16.5. The van der Waals surface area contributed by atoms with Crippen molar-refractivity contribution in [3.05, 3.63) is 35.9 Å². The van der Waals surface area contributed by atoms with Crippen LogP contribution in [0.1, 0.15) is 38.2 Å². The summed E-state index contributed by atoms with van der Waals surface area (Å²) in [4.78, 5) is 11.7. The standard InChI is InChI=1S/C16H26N2O2/c1-13(2)8-10-17-16(20)18-12-15(9-11-19)14-6-4-3-5-7-14/h3-7,13,15,19H,8-12H2,1-2H3,(H2,17,18,20). The predicted molar refractivity (Wildman–Crippen MR) is 81.7 cm³/mol. The van der Waals surface area contributed by atoms with Crippen molar-refractivity contribution in [2.75, 3.05) is 19.7 Å². The van der Waals surface area contributed by atoms with Crippen molar-refractivity contribution in [3.63, 3.8) is 0 Å². The Labute approximate surface area is 121 Å². The minimum Gasteiger partial charge on any atom is -0.396 e. The van der Waals surface area contributed by atoms with Crippen molar-refractivity contribution < 1.29 is 9.90 Å². The second-order valence-corrected chi connectivity index (χ2v) is 5.44. The number of hydrogen-bond acceptors (Lipinski definition) is 2. The van der Waals surface area contributed by atoms with Gasteiger partial charge in [0.2, 0.25) is 0 Å². The molecule has 0 saturated heterocycles. The molecule has 0 aliphatic rings. The Bertz CT molecular complexity index is 379. The molecule has 1 rings (SSSR count). The molecule has 0 radical (unpaired) electrons. The van der Waals surface area contributed by atoms with Gasteiger partial charge < -0.3 is 15.7 Å². The van der Waals surface area contributed by atoms with Crippen LogP contribution in [0.5, 0.6) is 0 Å². The number of aliphatic hydroxyl groups is 1. The molecule has 0 fully saturated rings. The highest BCUT2D eigenvalue weighted by Crippen LogP contribution is 2.17. The molecule has 0 aromatic heterocycles. The van der Waals surface area contributed by atoms with E-state index in [0.29, 0.717) is 25.4 Å². The summed E-state index contributed by atoms with van der Waals surface area (Å²) >= 11 is 0. The number of amides is 2. The maximum atomic E-state index is 11.7. The van der Waals surface area contributed by atoms with Crippen LogP contribution in [0, 0.1) is 5.92 Å². The first-order valence-electron chi connectivity index (χ1n) is 7.31. The summed E-state index contributed by atoms with van der Waals surface area (Å²) in [5.41, 5.74) is 1.14. The van der Waals surface area contributed by atoms with Gasteiger partial charge in [0.15, 0.2) is 0 Å². The summed E-state index contributed by atoms with van der Waals surface area (Å²) in [7, 11) is 0. The Morgan fingerprint density at radius 2 is 1.85 bits per heavy atom. The summed E-state index contributed by atoms with van der Waals surface area (Å²) in [6.07, 6.45) is 1.63. The maximum absolute atomic E-state index is 11.7. The van der Waals surface area contributed by atoms with Gasteiger partial charge in [0, 0.05) is 25.6 Å². The number of aliphatic hydroxyl groups excluding tert-OH is 1. The van der Waals surface area contributed by atoms with Crippen LogP contribution < -0.4 is 10.6 Å². The van der Waals surface area contributed by atoms with E-state index in [-0.39, 0.29) is 18.6 Å². The van der Waals surface area contributed by atoms with Gasteiger partial charge in [-0.05, 0) is 24.3 Å². The Kier molecular flexibility index (Phi) is 7.73. The third-order valence-electron chi connectivity index (χ3n) is 3.26. The molecule has 4 nitrogen and oxygen atoms in total. The topological polar surface area (TPSA) is 61.4 Å². The molecular weight excluding hydrogens is 252 g/mol. The third kappa shape index (κ3) is 6.57. The zero-order chi connectivity index (χ0) is 14.8. The lowest BCUT2D eigenvalue weighted by Gasteiger charge is -2.17. The monoisotopic (exact) mass is 278 g/mol. The van der Waals surface area contributed by atoms with Gasteiger partial charge in [-0.25, -0.2) is 4.79 Å². The summed E-state index contributed by atoms with van der Waals surface area (Å²) in [6.45, 7) is 5.62. The van der Waals surface area contributed by atoms with Crippen molar-refractivity contribution in [1.29, 1.82) is 0 Å². The Hall–Kier alpha value is -1.55. The molecule has 0 aliphatic carbocycles. The zero-order valence-electron chi connectivity index (χ0n) is 12.4. The number of benzene rings is 1. The van der Waals surface area contributed by atoms with E-state index >= 15 is 0 Å². The van der Waals surface area contributed by atoms with Gasteiger partial charge in [-0.3, -0.25) is 0 Å². The minimum atomic E-state index is -0.135. The number of carbonyl (C=O) groups excluding carboxylic acids is 1. The fraction of sp³-hybridized carbons (Fsp3) is 0.562. The molecule has 112 valence electrons. The highest BCUT2D eigenvalue weighted by molar-refractivity contribution is 5.73. The number of nitrogens with one attached hydrogen (secondary N) is 2. The van der Waals surface area contributed by atoms with Gasteiger partial charge in [0.05, 0.1) is 0 Å². The van der Waals surface area contributed by atoms with Crippen molar-refractivity contribution in [3.8, 4) is 0 Å². The van der Waals surface area contributed by atoms with Crippen LogP contribution in [0.3, 0.4) is 0 Å². The molecule has 1 aromatic carbocycles. The van der Waals surface area contributed by atoms with Crippen LogP contribution in [-0.2, 0) is 0 Å². The van der Waals surface area contributed by atoms with Crippen LogP contribution in [0.2, 0.25) is 0 Å². The number of rotatable bonds is 8. The third-order valence-corrected chi connectivity index (χ3v) is 3.26. The summed E-state index contributed by atoms with van der Waals surface area (Å²) in [6, 6.07) is 9.83. The van der Waals surface area contributed by atoms with E-state index in [2.05, 4.69) is 24.5 Å². The molecule has 1 unspecified atom stereocenters. The fourth-order valence-electron chi connectivity index (χ4n) is 2.02. The van der Waals surface area contributed by atoms with Gasteiger partial charge in [0.25, 0.3) is 0 Å². The Morgan fingerprint density at radius 1 is 1.15 bits per heavy atom. The van der Waals surface area contributed by atoms with Crippen molar-refractivity contribution in [2.24, 2.45) is 5.92 Å². The molecule has 0 saturated carbocycles. The summed E-state index contributed by atoms with van der Waals surface area (Å²) in [5, 5.41) is 14.9. The molecule has 1 aromatic rings. The normalized spacial score (nSPS) is 12.2. The summed E-state index contributed by atoms with van der Waals surface area (Å²) < 4.78 is 0. The number of urea groups is 1. The molecule has 1 atom stereocenters. The zero-order valence-corrected chi connectivity index (χ0v) is 12.4. The maximum Gasteiger partial charge on any atom is 0.314 e. The lowest BCUT2D eigenvalue weighted by Crippen LogP contribution is -2.38. The Morgan fingerprint density at radius 3 is 2.45 bits per heavy atom. The molecule has 2 amide bonds. The molecule has 0 heterocycles. The van der Waals surface area contributed by atoms with Crippen LogP contribution in [0.4, 0.5) is 4.79 Å². The molecule has 0 bridgehead atoms. The molecule has 20 heavy (non-hydrogen) atoms. The smallest absolute Gasteiger partial charge is 0.314 e. The first-order valence-corrected chi connectivity index (χ1v) is 7.31. The van der Waals surface area contributed by atoms with E-state index < -0.39 is 0 Å². The second-order valence-electron chi connectivity index (χ2n) is 5.44. The quantitative estimate of drug-likeness (QED) is 0.684. The largest absolute Gasteiger partial charge is 0.396 e. The van der Waals surface area contributed by atoms with Crippen LogP contribution >= 0.6 is 0 Å². The van der Waals surface area contributed by atoms with Crippen LogP contribution in [-0.4, -0.2) is 30.8 Å². The highest BCUT2D eigenvalue weighted by atomic mass is 16.3. The van der Waals surface area contributed by atoms with Crippen molar-refractivity contribution in [2.45, 2.75) is 32.6 Å². The average Bonchev–Trinajstić information content (AvgIpc) is 2.44. The number of carbonyl (C=O) groups is 1. The van der Waals surface area contributed by atoms with E-state index in [4.69, 9.17) is 5.11 Å². The second kappa shape index (κ2) is 9.37. The Balaban J connectivity index is 2.37. The van der Waals surface area contributed by atoms with Crippen LogP contribution in [0.15, 0.2) is 30.3 Å². The average molecular weight is 278 g/mol. The molecule has 0 aliphatic heterocycles. The lowest BCUT2D eigenvalue weighted by molar-refractivity contribution is 0.237. The predicted octanol–water partition coefficient (Wildman–Crippen LogP) is 2.50. The molecule has 3 N–H and O–H groups in total. The van der Waals surface area contributed by atoms with E-state index in [0.717, 1.165) is 12.0 Å². The van der Waals surface area contributed by atoms with Gasteiger partial charge in [0.1, 0.15) is 0 Å². The van der Waals surface area contributed by atoms with E-state index in [1.807, 2.05) is 30.3 Å². The van der Waals surface area contributed by atoms with Gasteiger partial charge >= 0.3 is 6.03 Å². The number of hydrogen-bond donors (Lipinski definition) is 3. The van der Waals surface area contributed by atoms with Gasteiger partial charge in [-0.2, -0.15) is 0 Å². The molecular formula is C16H26N2O2. The van der Waals surface area contributed by atoms with E-state index in [1.54, 1.807) is 0 Å². The van der Waals surface area contributed by atoms with Gasteiger partial charge in [-0.1, -0.05) is 44.2 Å². The van der Waals surface area contributed by atoms with E-state index in [9.17, 15) is 4.79 Å². The van der Waals surface area contributed by atoms with E-state index in [1.165, 1.54) is 0 Å². The van der Waals surface area contributed by atoms with Gasteiger partial charge in [-0.15, -0.1) is 0 Å².